The summed E-state index contributed by atoms with van der Waals surface area (Å²) >= 11 is 1.68. The monoisotopic (exact) mass is 469 g/mol. The minimum atomic E-state index is -3.04. The molecule has 0 bridgehead atoms. The van der Waals surface area contributed by atoms with E-state index in [1.165, 1.54) is 10.9 Å². The molecule has 2 aliphatic rings. The summed E-state index contributed by atoms with van der Waals surface area (Å²) in [6, 6.07) is 10.9. The van der Waals surface area contributed by atoms with Crippen LogP contribution in [0.3, 0.4) is 0 Å². The average Bonchev–Trinajstić information content (AvgIpc) is 3.49. The summed E-state index contributed by atoms with van der Waals surface area (Å²) in [6.45, 7) is 9.41. The van der Waals surface area contributed by atoms with Crippen LogP contribution in [0, 0.1) is 12.0 Å². The zero-order chi connectivity index (χ0) is 24.4. The first-order valence-electron chi connectivity index (χ1n) is 10.7. The highest BCUT2D eigenvalue weighted by Crippen LogP contribution is 2.22. The second-order valence-corrected chi connectivity index (χ2v) is 8.07. The van der Waals surface area contributed by atoms with Gasteiger partial charge in [-0.2, -0.15) is 0 Å². The zero-order valence-electron chi connectivity index (χ0n) is 19.6. The van der Waals surface area contributed by atoms with Crippen molar-refractivity contribution in [2.75, 3.05) is 13.1 Å². The minimum Gasteiger partial charge on any atom is -0.335 e. The van der Waals surface area contributed by atoms with Gasteiger partial charge in [0.05, 0.1) is 15.7 Å². The summed E-state index contributed by atoms with van der Waals surface area (Å²) in [5, 5.41) is 3.01. The van der Waals surface area contributed by atoms with Crippen LogP contribution in [0.25, 0.3) is 10.2 Å². The number of aromatic nitrogens is 1. The molecule has 5 nitrogen and oxygen atoms in total. The van der Waals surface area contributed by atoms with E-state index in [0.29, 0.717) is 19.5 Å². The Morgan fingerprint density at radius 3 is 2.64 bits per heavy atom. The molecule has 2 aromatic rings. The first kappa shape index (κ1) is 26.3. The normalized spacial score (nSPS) is 15.1. The van der Waals surface area contributed by atoms with Crippen molar-refractivity contribution in [2.45, 2.75) is 47.0 Å². The fourth-order valence-electron chi connectivity index (χ4n) is 3.11. The topological polar surface area (TPSA) is 57.6 Å². The van der Waals surface area contributed by atoms with Crippen LogP contribution in [-0.2, 0) is 4.79 Å². The smallest absolute Gasteiger partial charge is 0.274 e. The number of alkyl halides is 2. The number of para-hydroxylation sites is 1. The molecule has 0 unspecified atom stereocenters. The fraction of sp³-hybridized carbons (Fsp3) is 0.375. The van der Waals surface area contributed by atoms with Crippen LogP contribution in [-0.4, -0.2) is 47.7 Å². The van der Waals surface area contributed by atoms with Crippen LogP contribution >= 0.6 is 11.3 Å². The van der Waals surface area contributed by atoms with E-state index in [1.54, 1.807) is 23.2 Å². The van der Waals surface area contributed by atoms with Crippen molar-refractivity contribution in [2.24, 2.45) is 4.99 Å². The Balaban J connectivity index is 0.000000288. The van der Waals surface area contributed by atoms with Crippen molar-refractivity contribution in [3.8, 4) is 12.0 Å². The molecule has 9 heteroatoms. The van der Waals surface area contributed by atoms with Crippen LogP contribution < -0.4 is 5.32 Å². The Morgan fingerprint density at radius 1 is 1.30 bits per heavy atom. The number of thiazole rings is 1. The van der Waals surface area contributed by atoms with Crippen molar-refractivity contribution in [1.29, 1.82) is 0 Å². The van der Waals surface area contributed by atoms with E-state index in [0.717, 1.165) is 31.0 Å². The fourth-order valence-corrected chi connectivity index (χ4v) is 3.78. The van der Waals surface area contributed by atoms with Gasteiger partial charge in [0.25, 0.3) is 5.92 Å². The van der Waals surface area contributed by atoms with Crippen LogP contribution in [0.2, 0.25) is 0 Å². The minimum absolute atomic E-state index is 0.203. The van der Waals surface area contributed by atoms with Crippen molar-refractivity contribution in [3.05, 3.63) is 52.7 Å². The van der Waals surface area contributed by atoms with Crippen LogP contribution in [0.4, 0.5) is 8.78 Å². The van der Waals surface area contributed by atoms with Gasteiger partial charge >= 0.3 is 0 Å². The Kier molecular flexibility index (Phi) is 9.80. The zero-order valence-corrected chi connectivity index (χ0v) is 20.4. The summed E-state index contributed by atoms with van der Waals surface area (Å²) in [5.74, 6) is -0.553. The Morgan fingerprint density at radius 2 is 2.03 bits per heavy atom. The van der Waals surface area contributed by atoms with Gasteiger partial charge in [-0.3, -0.25) is 9.79 Å². The van der Waals surface area contributed by atoms with Crippen molar-refractivity contribution in [3.63, 3.8) is 0 Å². The molecule has 0 fully saturated rings. The first-order valence-corrected chi connectivity index (χ1v) is 11.6. The molecule has 33 heavy (non-hydrogen) atoms. The number of hydrogen-bond donors (Lipinski definition) is 1. The third-order valence-corrected chi connectivity index (χ3v) is 5.58. The Bertz CT molecular complexity index is 1090. The predicted octanol–water partition coefficient (Wildman–Crippen LogP) is 5.00. The molecular formula is C24H28BF2N4OS. The summed E-state index contributed by atoms with van der Waals surface area (Å²) < 4.78 is 27.6. The van der Waals surface area contributed by atoms with Crippen LogP contribution in [0.5, 0.6) is 0 Å². The van der Waals surface area contributed by atoms with E-state index >= 15 is 0 Å². The molecule has 3 heterocycles. The number of nitrogens with one attached hydrogen (secondary N) is 1. The van der Waals surface area contributed by atoms with Gasteiger partial charge in [-0.15, -0.1) is 11.3 Å². The summed E-state index contributed by atoms with van der Waals surface area (Å²) in [7, 11) is 1.16. The summed E-state index contributed by atoms with van der Waals surface area (Å²) in [6.07, 6.45) is 1.88. The molecule has 1 radical (unpaired) electrons. The number of halogens is 2. The number of aliphatic imine (C=N–C) groups is 1. The van der Waals surface area contributed by atoms with E-state index < -0.39 is 5.92 Å². The Hall–Kier alpha value is -2.99. The maximum atomic E-state index is 13.2. The van der Waals surface area contributed by atoms with Crippen molar-refractivity contribution in [1.82, 2.24) is 15.2 Å². The van der Waals surface area contributed by atoms with Gasteiger partial charge in [0, 0.05) is 55.5 Å². The highest BCUT2D eigenvalue weighted by molar-refractivity contribution is 7.16. The number of hydrogen-bond acceptors (Lipinski definition) is 5. The van der Waals surface area contributed by atoms with Gasteiger partial charge in [0.1, 0.15) is 0 Å². The number of rotatable bonds is 3. The lowest BCUT2D eigenvalue weighted by molar-refractivity contribution is -0.126. The molecule has 2 aliphatic heterocycles. The third kappa shape index (κ3) is 7.26. The van der Waals surface area contributed by atoms with E-state index in [1.807, 2.05) is 44.5 Å². The molecule has 0 saturated heterocycles. The molecule has 1 amide bonds. The second-order valence-electron chi connectivity index (χ2n) is 7.19. The van der Waals surface area contributed by atoms with E-state index in [2.05, 4.69) is 33.3 Å². The van der Waals surface area contributed by atoms with Crippen LogP contribution in [0.1, 0.15) is 41.0 Å². The molecular weight excluding hydrogens is 441 g/mol. The van der Waals surface area contributed by atoms with Crippen LogP contribution in [0.15, 0.2) is 57.7 Å². The standard InChI is InChI=1S/C15H17BF2N3O.C7H5NS.C2H6/c1-4-6-19-12-5-7-21(9-10(12)2)13(22)11-8-20-14(16-11)15(3,17)18;1-2-4-7-6(3-1)8-5-9-7;1-2/h8,19H,5,7,9H2,1-3H3;1-5H;1-2H3. The molecule has 0 saturated carbocycles. The maximum absolute atomic E-state index is 13.2. The number of fused-ring (bicyclic) bond motifs is 1. The number of nitrogens with zero attached hydrogens (tertiary/aromatic N) is 3. The van der Waals surface area contributed by atoms with Gasteiger partial charge in [-0.25, -0.2) is 13.8 Å². The highest BCUT2D eigenvalue weighted by Gasteiger charge is 2.35. The highest BCUT2D eigenvalue weighted by atomic mass is 32.1. The lowest BCUT2D eigenvalue weighted by Crippen LogP contribution is -2.41. The first-order chi connectivity index (χ1) is 15.8. The number of benzene rings is 1. The molecule has 173 valence electrons. The summed E-state index contributed by atoms with van der Waals surface area (Å²) in [5.41, 5.74) is 4.82. The van der Waals surface area contributed by atoms with Gasteiger partial charge in [-0.1, -0.05) is 31.9 Å². The number of amides is 1. The van der Waals surface area contributed by atoms with E-state index in [9.17, 15) is 13.6 Å². The molecule has 1 aromatic heterocycles. The molecule has 0 spiro atoms. The summed E-state index contributed by atoms with van der Waals surface area (Å²) in [4.78, 5) is 21.8. The maximum Gasteiger partial charge on any atom is 0.274 e. The molecule has 0 aliphatic carbocycles. The number of carbonyl (C=O) groups is 1. The van der Waals surface area contributed by atoms with Gasteiger partial charge in [-0.05, 0) is 31.6 Å². The number of carbonyl (C=O) groups excluding carboxylic acids is 1. The van der Waals surface area contributed by atoms with Gasteiger partial charge < -0.3 is 10.2 Å². The van der Waals surface area contributed by atoms with Crippen molar-refractivity contribution < 1.29 is 13.6 Å². The second kappa shape index (κ2) is 12.3. The largest absolute Gasteiger partial charge is 0.335 e. The lowest BCUT2D eigenvalue weighted by atomic mass is 9.64. The van der Waals surface area contributed by atoms with E-state index in [-0.39, 0.29) is 17.0 Å². The third-order valence-electron chi connectivity index (χ3n) is 4.77. The SMILES string of the molecule is CC.CC#CNC1=C(C)CN(C(=O)C2=CN=C(C(C)(F)F)[B]2)CC1.c1ccc2scnc2c1. The molecule has 1 N–H and O–H groups in total. The molecule has 4 rings (SSSR count). The molecule has 1 aromatic carbocycles. The van der Waals surface area contributed by atoms with Gasteiger partial charge in [0.2, 0.25) is 13.2 Å². The average molecular weight is 469 g/mol. The van der Waals surface area contributed by atoms with E-state index in [4.69, 9.17) is 0 Å². The predicted molar refractivity (Wildman–Crippen MR) is 133 cm³/mol. The lowest BCUT2D eigenvalue weighted by Gasteiger charge is -2.29. The Labute approximate surface area is 198 Å². The quantitative estimate of drug-likeness (QED) is 0.391. The van der Waals surface area contributed by atoms with Gasteiger partial charge in [0.15, 0.2) is 0 Å². The van der Waals surface area contributed by atoms with Crippen molar-refractivity contribution >= 4 is 40.4 Å². The molecule has 0 atom stereocenters.